The highest BCUT2D eigenvalue weighted by molar-refractivity contribution is 4.51. The first kappa shape index (κ1) is 10.9. The lowest BCUT2D eigenvalue weighted by atomic mass is 10.3. The van der Waals surface area contributed by atoms with E-state index in [1.54, 1.807) is 0 Å². The minimum absolute atomic E-state index is 1.20. The third-order valence-corrected chi connectivity index (χ3v) is 1.75. The summed E-state index contributed by atoms with van der Waals surface area (Å²) in [5.41, 5.74) is 0. The van der Waals surface area contributed by atoms with Crippen LogP contribution in [0.2, 0.25) is 0 Å². The Labute approximate surface area is 71.2 Å². The summed E-state index contributed by atoms with van der Waals surface area (Å²) in [5, 5.41) is 0. The van der Waals surface area contributed by atoms with Crippen LogP contribution in [0.25, 0.3) is 0 Å². The van der Waals surface area contributed by atoms with Crippen LogP contribution in [0.4, 0.5) is 0 Å². The maximum absolute atomic E-state index is 2.39. The molecule has 2 heteroatoms. The van der Waals surface area contributed by atoms with E-state index in [9.17, 15) is 0 Å². The molecular formula is C9H22N2. The Bertz CT molecular complexity index is 81.6. The molecule has 2 nitrogen and oxygen atoms in total. The van der Waals surface area contributed by atoms with Crippen LogP contribution in [0, 0.1) is 0 Å². The molecule has 0 saturated heterocycles. The van der Waals surface area contributed by atoms with Crippen LogP contribution >= 0.6 is 0 Å². The predicted octanol–water partition coefficient (Wildman–Crippen LogP) is 1.28. The van der Waals surface area contributed by atoms with Gasteiger partial charge in [-0.05, 0) is 53.6 Å². The second kappa shape index (κ2) is 6.62. The zero-order valence-electron chi connectivity index (χ0n) is 8.43. The van der Waals surface area contributed by atoms with Crippen molar-refractivity contribution in [2.45, 2.75) is 19.8 Å². The summed E-state index contributed by atoms with van der Waals surface area (Å²) in [7, 11) is 6.44. The molecule has 0 radical (unpaired) electrons. The second-order valence-corrected chi connectivity index (χ2v) is 3.46. The van der Waals surface area contributed by atoms with Crippen molar-refractivity contribution >= 4 is 0 Å². The first-order chi connectivity index (χ1) is 5.16. The van der Waals surface area contributed by atoms with Gasteiger partial charge in [-0.2, -0.15) is 0 Å². The van der Waals surface area contributed by atoms with Gasteiger partial charge in [0.05, 0.1) is 0 Å². The van der Waals surface area contributed by atoms with E-state index >= 15 is 0 Å². The molecule has 0 aromatic rings. The Morgan fingerprint density at radius 3 is 2.00 bits per heavy atom. The molecule has 0 aromatic carbocycles. The van der Waals surface area contributed by atoms with Gasteiger partial charge >= 0.3 is 0 Å². The Morgan fingerprint density at radius 2 is 1.55 bits per heavy atom. The van der Waals surface area contributed by atoms with E-state index in [1.807, 2.05) is 0 Å². The zero-order valence-corrected chi connectivity index (χ0v) is 8.43. The van der Waals surface area contributed by atoms with Gasteiger partial charge in [-0.25, -0.2) is 0 Å². The number of nitrogens with zero attached hydrogens (tertiary/aromatic N) is 2. The monoisotopic (exact) mass is 158 g/mol. The van der Waals surface area contributed by atoms with Gasteiger partial charge in [0.2, 0.25) is 0 Å². The molecule has 0 rings (SSSR count). The maximum Gasteiger partial charge on any atom is -0.000960 e. The largest absolute Gasteiger partial charge is 0.309 e. The highest BCUT2D eigenvalue weighted by atomic mass is 15.1. The normalized spacial score (nSPS) is 11.5. The van der Waals surface area contributed by atoms with Gasteiger partial charge < -0.3 is 9.80 Å². The minimum Gasteiger partial charge on any atom is -0.309 e. The standard InChI is InChI=1S/C9H22N2/c1-5-7-11(4)9-6-8-10(2)3/h5-9H2,1-4H3. The van der Waals surface area contributed by atoms with Crippen LogP contribution in [0.1, 0.15) is 19.8 Å². The van der Waals surface area contributed by atoms with E-state index in [4.69, 9.17) is 0 Å². The summed E-state index contributed by atoms with van der Waals surface area (Å²) >= 11 is 0. The average Bonchev–Trinajstić information content (AvgIpc) is 1.87. The Kier molecular flexibility index (Phi) is 6.57. The predicted molar refractivity (Wildman–Crippen MR) is 51.0 cm³/mol. The Balaban J connectivity index is 3.10. The zero-order chi connectivity index (χ0) is 8.69. The number of rotatable bonds is 6. The van der Waals surface area contributed by atoms with Gasteiger partial charge in [0, 0.05) is 0 Å². The molecule has 0 N–H and O–H groups in total. The van der Waals surface area contributed by atoms with Crippen molar-refractivity contribution in [3.8, 4) is 0 Å². The lowest BCUT2D eigenvalue weighted by Crippen LogP contribution is -2.24. The molecule has 0 saturated carbocycles. The van der Waals surface area contributed by atoms with Crippen molar-refractivity contribution < 1.29 is 0 Å². The summed E-state index contributed by atoms with van der Waals surface area (Å²) in [6.07, 6.45) is 2.54. The van der Waals surface area contributed by atoms with E-state index in [2.05, 4.69) is 37.9 Å². The van der Waals surface area contributed by atoms with Crippen LogP contribution in [-0.4, -0.2) is 50.6 Å². The van der Waals surface area contributed by atoms with Crippen molar-refractivity contribution in [2.24, 2.45) is 0 Å². The Morgan fingerprint density at radius 1 is 0.909 bits per heavy atom. The molecule has 0 aliphatic heterocycles. The molecule has 0 spiro atoms. The molecule has 0 aromatic heterocycles. The molecule has 0 aliphatic carbocycles. The number of hydrogen-bond acceptors (Lipinski definition) is 2. The molecule has 11 heavy (non-hydrogen) atoms. The molecule has 0 heterocycles. The van der Waals surface area contributed by atoms with Crippen molar-refractivity contribution in [3.63, 3.8) is 0 Å². The molecule has 68 valence electrons. The SMILES string of the molecule is CCCN(C)CCCN(C)C. The van der Waals surface area contributed by atoms with Crippen LogP contribution < -0.4 is 0 Å². The smallest absolute Gasteiger partial charge is 0.000960 e. The van der Waals surface area contributed by atoms with Crippen LogP contribution in [0.3, 0.4) is 0 Å². The van der Waals surface area contributed by atoms with Gasteiger partial charge in [-0.3, -0.25) is 0 Å². The van der Waals surface area contributed by atoms with Crippen LogP contribution in [0.5, 0.6) is 0 Å². The lowest BCUT2D eigenvalue weighted by Gasteiger charge is -2.16. The Hall–Kier alpha value is -0.0800. The fourth-order valence-electron chi connectivity index (χ4n) is 1.15. The van der Waals surface area contributed by atoms with Crippen molar-refractivity contribution in [1.29, 1.82) is 0 Å². The van der Waals surface area contributed by atoms with E-state index < -0.39 is 0 Å². The summed E-state index contributed by atoms with van der Waals surface area (Å²) in [6.45, 7) is 5.88. The maximum atomic E-state index is 2.39. The molecule has 0 atom stereocenters. The minimum atomic E-state index is 1.20. The van der Waals surface area contributed by atoms with Crippen molar-refractivity contribution in [2.75, 3.05) is 40.8 Å². The highest BCUT2D eigenvalue weighted by Crippen LogP contribution is 1.90. The molecule has 0 aliphatic rings. The van der Waals surface area contributed by atoms with Gasteiger partial charge in [-0.15, -0.1) is 0 Å². The van der Waals surface area contributed by atoms with E-state index in [0.29, 0.717) is 0 Å². The van der Waals surface area contributed by atoms with Gasteiger partial charge in [0.25, 0.3) is 0 Å². The molecule has 0 unspecified atom stereocenters. The van der Waals surface area contributed by atoms with Crippen molar-refractivity contribution in [1.82, 2.24) is 9.80 Å². The number of hydrogen-bond donors (Lipinski definition) is 0. The molecule has 0 amide bonds. The quantitative estimate of drug-likeness (QED) is 0.574. The molecule has 0 bridgehead atoms. The first-order valence-electron chi connectivity index (χ1n) is 4.50. The van der Waals surface area contributed by atoms with E-state index in [0.717, 1.165) is 0 Å². The highest BCUT2D eigenvalue weighted by Gasteiger charge is 1.95. The van der Waals surface area contributed by atoms with Gasteiger partial charge in [-0.1, -0.05) is 6.92 Å². The van der Waals surface area contributed by atoms with E-state index in [-0.39, 0.29) is 0 Å². The summed E-state index contributed by atoms with van der Waals surface area (Å²) < 4.78 is 0. The lowest BCUT2D eigenvalue weighted by molar-refractivity contribution is 0.301. The topological polar surface area (TPSA) is 6.48 Å². The van der Waals surface area contributed by atoms with Gasteiger partial charge in [0.1, 0.15) is 0 Å². The van der Waals surface area contributed by atoms with Crippen LogP contribution in [-0.2, 0) is 0 Å². The summed E-state index contributed by atoms with van der Waals surface area (Å²) in [6, 6.07) is 0. The fourth-order valence-corrected chi connectivity index (χ4v) is 1.15. The second-order valence-electron chi connectivity index (χ2n) is 3.46. The van der Waals surface area contributed by atoms with Crippen molar-refractivity contribution in [3.05, 3.63) is 0 Å². The van der Waals surface area contributed by atoms with Gasteiger partial charge in [0.15, 0.2) is 0 Å². The fraction of sp³-hybridized carbons (Fsp3) is 1.00. The van der Waals surface area contributed by atoms with E-state index in [1.165, 1.54) is 32.5 Å². The molecular weight excluding hydrogens is 136 g/mol. The summed E-state index contributed by atoms with van der Waals surface area (Å²) in [4.78, 5) is 4.63. The third-order valence-electron chi connectivity index (χ3n) is 1.75. The third kappa shape index (κ3) is 7.82. The summed E-state index contributed by atoms with van der Waals surface area (Å²) in [5.74, 6) is 0. The van der Waals surface area contributed by atoms with Crippen LogP contribution in [0.15, 0.2) is 0 Å². The molecule has 0 fully saturated rings. The average molecular weight is 158 g/mol. The first-order valence-corrected chi connectivity index (χ1v) is 4.50.